The van der Waals surface area contributed by atoms with Crippen molar-refractivity contribution in [2.24, 2.45) is 0 Å². The molecule has 76 valence electrons. The van der Waals surface area contributed by atoms with Crippen molar-refractivity contribution >= 4 is 34.9 Å². The standard InChI is InChI=1S/C7H7Cl2N3O2/c1-2-14-6(13)4-3(10)5(8)12-7(9)11-4/h2,10H2,1H3. The fourth-order valence-electron chi connectivity index (χ4n) is 0.771. The average Bonchev–Trinajstić information content (AvgIpc) is 2.11. The van der Waals surface area contributed by atoms with E-state index in [9.17, 15) is 4.79 Å². The van der Waals surface area contributed by atoms with E-state index in [1.807, 2.05) is 0 Å². The quantitative estimate of drug-likeness (QED) is 0.478. The van der Waals surface area contributed by atoms with Crippen molar-refractivity contribution in [3.05, 3.63) is 16.1 Å². The highest BCUT2D eigenvalue weighted by Gasteiger charge is 2.17. The van der Waals surface area contributed by atoms with Crippen LogP contribution in [0, 0.1) is 0 Å². The Hall–Kier alpha value is -1.07. The molecule has 0 amide bonds. The van der Waals surface area contributed by atoms with Gasteiger partial charge in [-0.2, -0.15) is 0 Å². The molecule has 0 fully saturated rings. The Balaban J connectivity index is 3.13. The second kappa shape index (κ2) is 4.43. The highest BCUT2D eigenvalue weighted by molar-refractivity contribution is 6.34. The molecule has 7 heteroatoms. The summed E-state index contributed by atoms with van der Waals surface area (Å²) in [6.45, 7) is 1.88. The molecule has 0 aliphatic heterocycles. The predicted molar refractivity (Wildman–Crippen MR) is 52.4 cm³/mol. The van der Waals surface area contributed by atoms with Crippen LogP contribution in [0.4, 0.5) is 5.69 Å². The fraction of sp³-hybridized carbons (Fsp3) is 0.286. The molecule has 0 radical (unpaired) electrons. The Morgan fingerprint density at radius 3 is 2.71 bits per heavy atom. The first-order chi connectivity index (χ1) is 6.56. The van der Waals surface area contributed by atoms with Crippen molar-refractivity contribution in [2.45, 2.75) is 6.92 Å². The van der Waals surface area contributed by atoms with E-state index in [4.69, 9.17) is 33.7 Å². The van der Waals surface area contributed by atoms with Crippen LogP contribution in [0.2, 0.25) is 10.4 Å². The van der Waals surface area contributed by atoms with Gasteiger partial charge in [0.25, 0.3) is 0 Å². The topological polar surface area (TPSA) is 78.1 Å². The molecule has 0 bridgehead atoms. The molecule has 1 heterocycles. The van der Waals surface area contributed by atoms with E-state index >= 15 is 0 Å². The lowest BCUT2D eigenvalue weighted by atomic mass is 10.3. The molecule has 0 aliphatic carbocycles. The lowest BCUT2D eigenvalue weighted by molar-refractivity contribution is 0.0520. The van der Waals surface area contributed by atoms with Crippen molar-refractivity contribution in [1.82, 2.24) is 9.97 Å². The zero-order chi connectivity index (χ0) is 10.7. The summed E-state index contributed by atoms with van der Waals surface area (Å²) in [6, 6.07) is 0. The second-order valence-corrected chi connectivity index (χ2v) is 2.96. The van der Waals surface area contributed by atoms with E-state index in [1.54, 1.807) is 6.92 Å². The summed E-state index contributed by atoms with van der Waals surface area (Å²) in [4.78, 5) is 18.4. The number of aromatic nitrogens is 2. The minimum Gasteiger partial charge on any atom is -0.461 e. The maximum absolute atomic E-state index is 11.3. The van der Waals surface area contributed by atoms with Crippen molar-refractivity contribution in [3.8, 4) is 0 Å². The molecule has 0 saturated carbocycles. The van der Waals surface area contributed by atoms with Gasteiger partial charge in [-0.05, 0) is 18.5 Å². The lowest BCUT2D eigenvalue weighted by Crippen LogP contribution is -2.11. The molecular formula is C7H7Cl2N3O2. The van der Waals surface area contributed by atoms with E-state index in [2.05, 4.69) is 9.97 Å². The summed E-state index contributed by atoms with van der Waals surface area (Å²) in [5, 5.41) is -0.208. The highest BCUT2D eigenvalue weighted by atomic mass is 35.5. The number of anilines is 1. The van der Waals surface area contributed by atoms with E-state index in [0.717, 1.165) is 0 Å². The van der Waals surface area contributed by atoms with Crippen LogP contribution in [0.15, 0.2) is 0 Å². The van der Waals surface area contributed by atoms with Crippen LogP contribution in [-0.4, -0.2) is 22.5 Å². The molecule has 5 nitrogen and oxygen atoms in total. The molecule has 1 aromatic heterocycles. The molecular weight excluding hydrogens is 229 g/mol. The van der Waals surface area contributed by atoms with Crippen molar-refractivity contribution in [1.29, 1.82) is 0 Å². The third-order valence-corrected chi connectivity index (χ3v) is 1.80. The summed E-state index contributed by atoms with van der Waals surface area (Å²) < 4.78 is 4.69. The van der Waals surface area contributed by atoms with Gasteiger partial charge in [-0.15, -0.1) is 0 Å². The summed E-state index contributed by atoms with van der Waals surface area (Å²) in [6.07, 6.45) is 0. The van der Waals surface area contributed by atoms with Gasteiger partial charge in [-0.3, -0.25) is 0 Å². The van der Waals surface area contributed by atoms with Gasteiger partial charge < -0.3 is 10.5 Å². The van der Waals surface area contributed by atoms with Crippen LogP contribution in [0.25, 0.3) is 0 Å². The molecule has 0 aliphatic rings. The summed E-state index contributed by atoms with van der Waals surface area (Å²) in [7, 11) is 0. The number of hydrogen-bond donors (Lipinski definition) is 1. The highest BCUT2D eigenvalue weighted by Crippen LogP contribution is 2.21. The van der Waals surface area contributed by atoms with Crippen molar-refractivity contribution in [3.63, 3.8) is 0 Å². The van der Waals surface area contributed by atoms with E-state index in [-0.39, 0.29) is 28.4 Å². The summed E-state index contributed by atoms with van der Waals surface area (Å²) in [5.41, 5.74) is 5.32. The minimum absolute atomic E-state index is 0.0329. The van der Waals surface area contributed by atoms with E-state index in [1.165, 1.54) is 0 Å². The first kappa shape index (κ1) is 11.0. The van der Waals surface area contributed by atoms with Gasteiger partial charge >= 0.3 is 5.97 Å². The van der Waals surface area contributed by atoms with Crippen LogP contribution in [-0.2, 0) is 4.74 Å². The normalized spacial score (nSPS) is 9.93. The van der Waals surface area contributed by atoms with Crippen molar-refractivity contribution in [2.75, 3.05) is 12.3 Å². The van der Waals surface area contributed by atoms with Crippen molar-refractivity contribution < 1.29 is 9.53 Å². The molecule has 0 saturated heterocycles. The van der Waals surface area contributed by atoms with E-state index in [0.29, 0.717) is 0 Å². The molecule has 0 unspecified atom stereocenters. The van der Waals surface area contributed by atoms with Crippen LogP contribution in [0.3, 0.4) is 0 Å². The first-order valence-corrected chi connectivity index (χ1v) is 4.47. The SMILES string of the molecule is CCOC(=O)c1nc(Cl)nc(Cl)c1N. The first-order valence-electron chi connectivity index (χ1n) is 3.72. The zero-order valence-corrected chi connectivity index (χ0v) is 8.76. The Labute approximate surface area is 90.2 Å². The Morgan fingerprint density at radius 2 is 2.14 bits per heavy atom. The average molecular weight is 236 g/mol. The van der Waals surface area contributed by atoms with Gasteiger partial charge in [0, 0.05) is 0 Å². The molecule has 1 aromatic rings. The molecule has 2 N–H and O–H groups in total. The molecule has 14 heavy (non-hydrogen) atoms. The molecule has 0 atom stereocenters. The third-order valence-electron chi connectivity index (χ3n) is 1.34. The van der Waals surface area contributed by atoms with Gasteiger partial charge in [-0.1, -0.05) is 11.6 Å². The number of nitrogens with two attached hydrogens (primary N) is 1. The Kier molecular flexibility index (Phi) is 3.49. The number of carbonyl (C=O) groups excluding carboxylic acids is 1. The summed E-state index contributed by atoms with van der Waals surface area (Å²) in [5.74, 6) is -0.670. The van der Waals surface area contributed by atoms with Gasteiger partial charge in [0.2, 0.25) is 5.28 Å². The maximum atomic E-state index is 11.3. The molecule has 0 spiro atoms. The van der Waals surface area contributed by atoms with Crippen LogP contribution in [0.1, 0.15) is 17.4 Å². The number of ether oxygens (including phenoxy) is 1. The maximum Gasteiger partial charge on any atom is 0.359 e. The van der Waals surface area contributed by atoms with Crippen LogP contribution in [0.5, 0.6) is 0 Å². The number of esters is 1. The number of nitrogens with zero attached hydrogens (tertiary/aromatic N) is 2. The second-order valence-electron chi connectivity index (χ2n) is 2.27. The minimum atomic E-state index is -0.670. The van der Waals surface area contributed by atoms with Gasteiger partial charge in [0.1, 0.15) is 5.69 Å². The van der Waals surface area contributed by atoms with Crippen LogP contribution < -0.4 is 5.73 Å². The Bertz CT molecular complexity index is 370. The number of halogens is 2. The fourth-order valence-corrected chi connectivity index (χ4v) is 1.15. The van der Waals surface area contributed by atoms with Crippen LogP contribution >= 0.6 is 23.2 Å². The van der Waals surface area contributed by atoms with E-state index < -0.39 is 5.97 Å². The largest absolute Gasteiger partial charge is 0.461 e. The van der Waals surface area contributed by atoms with Gasteiger partial charge in [-0.25, -0.2) is 14.8 Å². The smallest absolute Gasteiger partial charge is 0.359 e. The zero-order valence-electron chi connectivity index (χ0n) is 7.25. The monoisotopic (exact) mass is 235 g/mol. The summed E-state index contributed by atoms with van der Waals surface area (Å²) >= 11 is 11.1. The lowest BCUT2D eigenvalue weighted by Gasteiger charge is -2.05. The number of nitrogen functional groups attached to an aromatic ring is 1. The predicted octanol–water partition coefficient (Wildman–Crippen LogP) is 1.54. The Morgan fingerprint density at radius 1 is 1.50 bits per heavy atom. The van der Waals surface area contributed by atoms with Gasteiger partial charge in [0.05, 0.1) is 6.61 Å². The number of rotatable bonds is 2. The molecule has 0 aromatic carbocycles. The molecule has 1 rings (SSSR count). The number of hydrogen-bond acceptors (Lipinski definition) is 5. The van der Waals surface area contributed by atoms with Gasteiger partial charge in [0.15, 0.2) is 10.8 Å². The third kappa shape index (κ3) is 2.24. The number of carbonyl (C=O) groups is 1.